The minimum atomic E-state index is -0.453. The Kier molecular flexibility index (Phi) is 2.81. The van der Waals surface area contributed by atoms with E-state index in [0.717, 1.165) is 5.56 Å². The van der Waals surface area contributed by atoms with Crippen LogP contribution in [-0.4, -0.2) is 24.9 Å². The first-order valence-corrected chi connectivity index (χ1v) is 5.13. The highest BCUT2D eigenvalue weighted by Gasteiger charge is 2.22. The van der Waals surface area contributed by atoms with Gasteiger partial charge in [-0.3, -0.25) is 9.98 Å². The zero-order valence-electron chi connectivity index (χ0n) is 9.17. The van der Waals surface area contributed by atoms with E-state index in [2.05, 4.69) is 15.0 Å². The maximum atomic E-state index is 5.58. The summed E-state index contributed by atoms with van der Waals surface area (Å²) in [6.45, 7) is 2.42. The monoisotopic (exact) mass is 214 g/mol. The lowest BCUT2D eigenvalue weighted by Gasteiger charge is -2.21. The van der Waals surface area contributed by atoms with Crippen LogP contribution in [0, 0.1) is 0 Å². The van der Waals surface area contributed by atoms with E-state index in [1.165, 1.54) is 6.34 Å². The van der Waals surface area contributed by atoms with Gasteiger partial charge in [0.25, 0.3) is 0 Å². The molecule has 0 spiro atoms. The maximum absolute atomic E-state index is 5.58. The molecule has 1 heterocycles. The standard InChI is InChI=1S/C12H14N4/c1-12(10-5-3-2-4-6-10)8-14-7-11(13)15-9-16-12/h2-6,8-9H,7H2,1H3,(H2,13,15,16)/b14-8-/t12-/m1/s1. The van der Waals surface area contributed by atoms with Crippen LogP contribution in [0.25, 0.3) is 0 Å². The number of nitrogens with two attached hydrogens (primary N) is 1. The third kappa shape index (κ3) is 2.16. The number of benzene rings is 1. The molecule has 0 aliphatic carbocycles. The predicted octanol–water partition coefficient (Wildman–Crippen LogP) is 1.37. The van der Waals surface area contributed by atoms with Crippen LogP contribution in [0.15, 0.2) is 45.3 Å². The lowest BCUT2D eigenvalue weighted by molar-refractivity contribution is 0.694. The van der Waals surface area contributed by atoms with E-state index in [4.69, 9.17) is 5.73 Å². The summed E-state index contributed by atoms with van der Waals surface area (Å²) in [5, 5.41) is 0. The molecular weight excluding hydrogens is 200 g/mol. The van der Waals surface area contributed by atoms with E-state index in [9.17, 15) is 0 Å². The SMILES string of the molecule is C[C@]1(c2ccccc2)/C=N\C/C(N)=N\C=N/1. The zero-order chi connectivity index (χ0) is 11.4. The Balaban J connectivity index is 2.39. The van der Waals surface area contributed by atoms with Gasteiger partial charge in [0.05, 0.1) is 6.54 Å². The Morgan fingerprint density at radius 1 is 1.25 bits per heavy atom. The summed E-state index contributed by atoms with van der Waals surface area (Å²) >= 11 is 0. The molecule has 1 aromatic rings. The van der Waals surface area contributed by atoms with E-state index >= 15 is 0 Å². The molecule has 16 heavy (non-hydrogen) atoms. The van der Waals surface area contributed by atoms with E-state index in [0.29, 0.717) is 12.4 Å². The van der Waals surface area contributed by atoms with Crippen LogP contribution in [0.5, 0.6) is 0 Å². The van der Waals surface area contributed by atoms with Crippen molar-refractivity contribution in [2.24, 2.45) is 20.7 Å². The topological polar surface area (TPSA) is 63.1 Å². The van der Waals surface area contributed by atoms with Crippen molar-refractivity contribution in [1.82, 2.24) is 0 Å². The van der Waals surface area contributed by atoms with Gasteiger partial charge in [0.2, 0.25) is 0 Å². The summed E-state index contributed by atoms with van der Waals surface area (Å²) in [5.74, 6) is 0.482. The van der Waals surface area contributed by atoms with Gasteiger partial charge in [0.15, 0.2) is 0 Å². The molecule has 4 heteroatoms. The van der Waals surface area contributed by atoms with Crippen LogP contribution in [0.1, 0.15) is 12.5 Å². The molecule has 0 amide bonds. The molecule has 0 aromatic heterocycles. The average molecular weight is 214 g/mol. The Labute approximate surface area is 94.6 Å². The molecule has 2 N–H and O–H groups in total. The summed E-state index contributed by atoms with van der Waals surface area (Å²) in [6, 6.07) is 10.0. The van der Waals surface area contributed by atoms with Crippen molar-refractivity contribution in [1.29, 1.82) is 0 Å². The van der Waals surface area contributed by atoms with Crippen molar-refractivity contribution >= 4 is 18.4 Å². The van der Waals surface area contributed by atoms with Crippen LogP contribution >= 0.6 is 0 Å². The molecule has 0 saturated carbocycles. The van der Waals surface area contributed by atoms with E-state index in [-0.39, 0.29) is 0 Å². The quantitative estimate of drug-likeness (QED) is 0.754. The molecule has 1 aliphatic heterocycles. The van der Waals surface area contributed by atoms with Gasteiger partial charge in [-0.15, -0.1) is 0 Å². The molecule has 1 aromatic carbocycles. The molecule has 1 atom stereocenters. The first kappa shape index (κ1) is 10.5. The number of nitrogens with zero attached hydrogens (tertiary/aromatic N) is 3. The number of aliphatic imine (C=N–C) groups is 3. The first-order chi connectivity index (χ1) is 7.71. The number of amidine groups is 1. The minimum absolute atomic E-state index is 0.425. The highest BCUT2D eigenvalue weighted by atomic mass is 15.0. The summed E-state index contributed by atoms with van der Waals surface area (Å²) in [6.07, 6.45) is 3.33. The van der Waals surface area contributed by atoms with Gasteiger partial charge in [-0.05, 0) is 12.5 Å². The third-order valence-corrected chi connectivity index (χ3v) is 2.50. The fourth-order valence-electron chi connectivity index (χ4n) is 1.54. The molecule has 0 saturated heterocycles. The minimum Gasteiger partial charge on any atom is -0.386 e. The largest absolute Gasteiger partial charge is 0.386 e. The van der Waals surface area contributed by atoms with Gasteiger partial charge >= 0.3 is 0 Å². The molecule has 82 valence electrons. The molecule has 0 fully saturated rings. The van der Waals surface area contributed by atoms with Gasteiger partial charge in [-0.1, -0.05) is 30.3 Å². The van der Waals surface area contributed by atoms with E-state index < -0.39 is 5.54 Å². The Morgan fingerprint density at radius 2 is 2.00 bits per heavy atom. The molecule has 0 bridgehead atoms. The van der Waals surface area contributed by atoms with Gasteiger partial charge in [-0.2, -0.15) is 0 Å². The fraction of sp³-hybridized carbons (Fsp3) is 0.250. The second-order valence-corrected chi connectivity index (χ2v) is 3.85. The van der Waals surface area contributed by atoms with Crippen molar-refractivity contribution < 1.29 is 0 Å². The maximum Gasteiger partial charge on any atom is 0.122 e. The van der Waals surface area contributed by atoms with Crippen LogP contribution < -0.4 is 5.73 Å². The number of hydrogen-bond donors (Lipinski definition) is 1. The Morgan fingerprint density at radius 3 is 2.75 bits per heavy atom. The third-order valence-electron chi connectivity index (χ3n) is 2.50. The molecule has 0 radical (unpaired) electrons. The average Bonchev–Trinajstić information content (AvgIpc) is 2.28. The van der Waals surface area contributed by atoms with Crippen LogP contribution in [0.4, 0.5) is 0 Å². The van der Waals surface area contributed by atoms with Crippen LogP contribution in [0.2, 0.25) is 0 Å². The number of rotatable bonds is 1. The fourth-order valence-corrected chi connectivity index (χ4v) is 1.54. The summed E-state index contributed by atoms with van der Waals surface area (Å²) < 4.78 is 0. The highest BCUT2D eigenvalue weighted by Crippen LogP contribution is 2.23. The smallest absolute Gasteiger partial charge is 0.122 e. The Hall–Kier alpha value is -1.97. The van der Waals surface area contributed by atoms with Crippen molar-refractivity contribution in [3.05, 3.63) is 35.9 Å². The van der Waals surface area contributed by atoms with Gasteiger partial charge in [0, 0.05) is 6.21 Å². The van der Waals surface area contributed by atoms with Gasteiger partial charge in [0.1, 0.15) is 17.7 Å². The van der Waals surface area contributed by atoms with E-state index in [1.807, 2.05) is 43.5 Å². The van der Waals surface area contributed by atoms with E-state index in [1.54, 1.807) is 0 Å². The first-order valence-electron chi connectivity index (χ1n) is 5.13. The molecule has 4 nitrogen and oxygen atoms in total. The van der Waals surface area contributed by atoms with Gasteiger partial charge in [-0.25, -0.2) is 4.99 Å². The van der Waals surface area contributed by atoms with Crippen molar-refractivity contribution in [3.63, 3.8) is 0 Å². The predicted molar refractivity (Wildman–Crippen MR) is 67.3 cm³/mol. The summed E-state index contributed by atoms with van der Waals surface area (Å²) in [7, 11) is 0. The van der Waals surface area contributed by atoms with Crippen LogP contribution in [0.3, 0.4) is 0 Å². The molecule has 1 aliphatic rings. The zero-order valence-corrected chi connectivity index (χ0v) is 9.17. The number of hydrogen-bond acceptors (Lipinski definition) is 4. The second kappa shape index (κ2) is 4.26. The summed E-state index contributed by atoms with van der Waals surface area (Å²) in [4.78, 5) is 12.6. The lowest BCUT2D eigenvalue weighted by atomic mass is 9.94. The second-order valence-electron chi connectivity index (χ2n) is 3.85. The van der Waals surface area contributed by atoms with Crippen molar-refractivity contribution in [2.45, 2.75) is 12.5 Å². The normalized spacial score (nSPS) is 31.9. The van der Waals surface area contributed by atoms with Gasteiger partial charge < -0.3 is 5.73 Å². The lowest BCUT2D eigenvalue weighted by Crippen LogP contribution is -2.25. The van der Waals surface area contributed by atoms with Crippen molar-refractivity contribution in [2.75, 3.05) is 6.54 Å². The van der Waals surface area contributed by atoms with Crippen molar-refractivity contribution in [3.8, 4) is 0 Å². The molecule has 0 unspecified atom stereocenters. The van der Waals surface area contributed by atoms with Crippen LogP contribution in [-0.2, 0) is 5.54 Å². The molecular formula is C12H14N4. The molecule has 2 rings (SSSR count). The summed E-state index contributed by atoms with van der Waals surface area (Å²) in [5.41, 5.74) is 6.21. The highest BCUT2D eigenvalue weighted by molar-refractivity contribution is 5.92. The Bertz CT molecular complexity index is 447.